The molecule has 2 unspecified atom stereocenters. The molecular formula is C51H56ClN9O7S2. The molecule has 70 heavy (non-hydrogen) atoms. The number of β-amino-alcohol motifs (C(OH)–C–C–N with tert-alkyl or cyclic N) is 1. The first-order chi connectivity index (χ1) is 33.4. The van der Waals surface area contributed by atoms with E-state index >= 15 is 0 Å². The third kappa shape index (κ3) is 11.3. The second-order valence-electron chi connectivity index (χ2n) is 18.5. The zero-order valence-corrected chi connectivity index (χ0v) is 42.4. The molecule has 0 bridgehead atoms. The minimum absolute atomic E-state index is 0.00832. The van der Waals surface area contributed by atoms with Gasteiger partial charge in [0.25, 0.3) is 0 Å². The van der Waals surface area contributed by atoms with Crippen LogP contribution in [0.5, 0.6) is 5.75 Å². The van der Waals surface area contributed by atoms with Crippen LogP contribution in [0.3, 0.4) is 0 Å². The number of likely N-dealkylation sites (tertiary alicyclic amines) is 1. The van der Waals surface area contributed by atoms with Crippen molar-refractivity contribution in [2.75, 3.05) is 31.7 Å². The van der Waals surface area contributed by atoms with E-state index in [-0.39, 0.29) is 57.6 Å². The number of fused-ring (bicyclic) bond motifs is 3. The predicted octanol–water partition coefficient (Wildman–Crippen LogP) is 7.46. The molecule has 0 spiro atoms. The second kappa shape index (κ2) is 21.4. The minimum Gasteiger partial charge on any atom is -0.491 e. The lowest BCUT2D eigenvalue weighted by atomic mass is 9.85. The summed E-state index contributed by atoms with van der Waals surface area (Å²) in [5.41, 5.74) is 8.16. The Morgan fingerprint density at radius 2 is 1.69 bits per heavy atom. The number of aliphatic imine (C=N–C) groups is 1. The summed E-state index contributed by atoms with van der Waals surface area (Å²) in [4.78, 5) is 67.6. The van der Waals surface area contributed by atoms with Gasteiger partial charge in [-0.2, -0.15) is 0 Å². The Morgan fingerprint density at radius 1 is 0.943 bits per heavy atom. The van der Waals surface area contributed by atoms with E-state index in [4.69, 9.17) is 26.1 Å². The number of aryl methyl sites for hydroxylation is 3. The molecule has 1 fully saturated rings. The molecule has 3 aromatic heterocycles. The second-order valence-corrected chi connectivity index (χ2v) is 21.0. The van der Waals surface area contributed by atoms with Gasteiger partial charge in [0.15, 0.2) is 5.82 Å². The van der Waals surface area contributed by atoms with E-state index in [1.165, 1.54) is 4.90 Å². The molecular weight excluding hydrogens is 950 g/mol. The van der Waals surface area contributed by atoms with Gasteiger partial charge in [-0.3, -0.25) is 28.7 Å². The summed E-state index contributed by atoms with van der Waals surface area (Å²) in [7, 11) is 0. The molecule has 366 valence electrons. The molecule has 16 nitrogen and oxygen atoms in total. The third-order valence-corrected chi connectivity index (χ3v) is 14.7. The van der Waals surface area contributed by atoms with Crippen LogP contribution in [-0.4, -0.2) is 104 Å². The third-order valence-electron chi connectivity index (χ3n) is 12.3. The van der Waals surface area contributed by atoms with Gasteiger partial charge in [-0.05, 0) is 74.1 Å². The highest BCUT2D eigenvalue weighted by atomic mass is 35.5. The van der Waals surface area contributed by atoms with E-state index in [0.29, 0.717) is 28.1 Å². The van der Waals surface area contributed by atoms with Gasteiger partial charge < -0.3 is 35.4 Å². The number of aliphatic hydroxyl groups is 1. The van der Waals surface area contributed by atoms with Crippen LogP contribution in [0, 0.1) is 33.1 Å². The first kappa shape index (κ1) is 50.1. The van der Waals surface area contributed by atoms with Crippen molar-refractivity contribution in [2.24, 2.45) is 10.4 Å². The number of thiazole rings is 1. The molecule has 6 aromatic rings. The van der Waals surface area contributed by atoms with E-state index in [1.54, 1.807) is 46.9 Å². The van der Waals surface area contributed by atoms with Crippen molar-refractivity contribution in [3.63, 3.8) is 0 Å². The molecule has 3 aromatic carbocycles. The lowest BCUT2D eigenvalue weighted by Crippen LogP contribution is -2.58. The molecule has 4 amide bonds. The Bertz CT molecular complexity index is 2920. The van der Waals surface area contributed by atoms with Gasteiger partial charge >= 0.3 is 0 Å². The van der Waals surface area contributed by atoms with Crippen molar-refractivity contribution in [2.45, 2.75) is 92.1 Å². The van der Waals surface area contributed by atoms with Gasteiger partial charge in [-0.15, -0.1) is 32.9 Å². The summed E-state index contributed by atoms with van der Waals surface area (Å²) >= 11 is 9.47. The fourth-order valence-corrected chi connectivity index (χ4v) is 10.7. The molecule has 4 N–H and O–H groups in total. The fraction of sp³-hybridized carbons (Fsp3) is 0.373. The highest BCUT2D eigenvalue weighted by Crippen LogP contribution is 2.40. The highest BCUT2D eigenvalue weighted by Gasteiger charge is 2.44. The van der Waals surface area contributed by atoms with Gasteiger partial charge in [0.1, 0.15) is 47.9 Å². The molecule has 1 saturated heterocycles. The minimum atomic E-state index is -1.01. The van der Waals surface area contributed by atoms with Crippen LogP contribution in [-0.2, 0) is 30.5 Å². The summed E-state index contributed by atoms with van der Waals surface area (Å²) in [5, 5.41) is 29.8. The average Bonchev–Trinajstić information content (AvgIpc) is 4.09. The predicted molar refractivity (Wildman–Crippen MR) is 271 cm³/mol. The maximum Gasteiger partial charge on any atom is 0.246 e. The largest absolute Gasteiger partial charge is 0.491 e. The summed E-state index contributed by atoms with van der Waals surface area (Å²) in [6, 6.07) is 19.7. The number of thiophene rings is 1. The van der Waals surface area contributed by atoms with Crippen molar-refractivity contribution >= 4 is 69.3 Å². The van der Waals surface area contributed by atoms with Crippen molar-refractivity contribution in [1.29, 1.82) is 0 Å². The molecule has 0 aliphatic carbocycles. The number of halogens is 1. The Balaban J connectivity index is 0.825. The lowest BCUT2D eigenvalue weighted by molar-refractivity contribution is -0.144. The van der Waals surface area contributed by atoms with E-state index in [1.807, 2.05) is 93.2 Å². The Labute approximate surface area is 419 Å². The van der Waals surface area contributed by atoms with E-state index in [9.17, 15) is 24.3 Å². The number of hydrogen-bond donors (Lipinski definition) is 4. The first-order valence-electron chi connectivity index (χ1n) is 23.0. The number of amides is 4. The summed E-state index contributed by atoms with van der Waals surface area (Å²) in [6.07, 6.45) is -0.828. The van der Waals surface area contributed by atoms with Crippen LogP contribution in [0.1, 0.15) is 84.1 Å². The number of aliphatic hydroxyl groups excluding tert-OH is 1. The lowest BCUT2D eigenvalue weighted by Gasteiger charge is -2.35. The first-order valence-corrected chi connectivity index (χ1v) is 25.0. The molecule has 19 heteroatoms. The number of hydrogen-bond acceptors (Lipinski definition) is 13. The zero-order chi connectivity index (χ0) is 49.9. The van der Waals surface area contributed by atoms with E-state index in [2.05, 4.69) is 45.0 Å². The SMILES string of the molecule is Cc1ncsc1-c1ccc(CNC(=O)[C@@H]2CC(O)CN2C(=O)[C@@H](NC(=O)COCCOc2cccc(NC(=O)CC3N=C(c4ccc(Cl)cc4)c4c(sc(C)c4C)-n4c(C)nnc43)c2)C(C)(C)C)cc1. The highest BCUT2D eigenvalue weighted by molar-refractivity contribution is 7.15. The maximum atomic E-state index is 14.1. The van der Waals surface area contributed by atoms with Gasteiger partial charge in [-0.1, -0.05) is 74.8 Å². The van der Waals surface area contributed by atoms with E-state index < -0.39 is 41.5 Å². The van der Waals surface area contributed by atoms with E-state index in [0.717, 1.165) is 54.0 Å². The van der Waals surface area contributed by atoms with Crippen molar-refractivity contribution in [3.05, 3.63) is 128 Å². The Hall–Kier alpha value is -6.31. The molecule has 2 aliphatic heterocycles. The number of rotatable bonds is 16. The fourth-order valence-electron chi connectivity index (χ4n) is 8.55. The number of nitrogens with zero attached hydrogens (tertiary/aromatic N) is 6. The van der Waals surface area contributed by atoms with Crippen molar-refractivity contribution < 1.29 is 33.8 Å². The smallest absolute Gasteiger partial charge is 0.246 e. The monoisotopic (exact) mass is 1010 g/mol. The van der Waals surface area contributed by atoms with Crippen LogP contribution in [0.4, 0.5) is 5.69 Å². The molecule has 8 rings (SSSR count). The van der Waals surface area contributed by atoms with Crippen molar-refractivity contribution in [1.82, 2.24) is 35.3 Å². The number of benzene rings is 3. The van der Waals surface area contributed by atoms with Crippen LogP contribution in [0.25, 0.3) is 15.4 Å². The summed E-state index contributed by atoms with van der Waals surface area (Å²) in [5.74, 6) is 0.0712. The standard InChI is InChI=1S/C51H56ClN9O7S2/c1-28-30(3)70-50-43(28)44(33-15-17-35(52)18-16-33)56-39(47-59-58-31(4)61(47)50)23-41(63)55-36-9-8-10-38(21-36)68-20-19-67-26-42(64)57-46(51(5,6)7)49(66)60-25-37(62)22-40(60)48(65)53-24-32-11-13-34(14-12-32)45-29(2)54-27-69-45/h8-18,21,27,37,39-40,46,62H,19-20,22-26H2,1-7H3,(H,53,65)(H,55,63)(H,57,64)/t37?,39?,40-,46+/m0/s1. The quantitative estimate of drug-likeness (QED) is 0.0705. The number of carbonyl (C=O) groups excluding carboxylic acids is 4. The van der Waals surface area contributed by atoms with Crippen LogP contribution >= 0.6 is 34.3 Å². The average molecular weight is 1010 g/mol. The molecule has 4 atom stereocenters. The number of nitrogens with one attached hydrogen (secondary N) is 3. The number of aromatic nitrogens is 4. The zero-order valence-electron chi connectivity index (χ0n) is 40.0. The van der Waals surface area contributed by atoms with Crippen LogP contribution in [0.15, 0.2) is 83.3 Å². The van der Waals surface area contributed by atoms with Gasteiger partial charge in [0.05, 0.1) is 40.9 Å². The van der Waals surface area contributed by atoms with Gasteiger partial charge in [-0.25, -0.2) is 4.98 Å². The van der Waals surface area contributed by atoms with Gasteiger partial charge in [0.2, 0.25) is 23.6 Å². The molecule has 5 heterocycles. The summed E-state index contributed by atoms with van der Waals surface area (Å²) < 4.78 is 13.6. The topological polar surface area (TPSA) is 202 Å². The Kier molecular flexibility index (Phi) is 15.3. The van der Waals surface area contributed by atoms with Crippen LogP contribution in [0.2, 0.25) is 5.02 Å². The van der Waals surface area contributed by atoms with Gasteiger partial charge in [0, 0.05) is 52.3 Å². The van der Waals surface area contributed by atoms with Crippen molar-refractivity contribution in [3.8, 4) is 21.2 Å². The maximum absolute atomic E-state index is 14.1. The molecule has 0 saturated carbocycles. The van der Waals surface area contributed by atoms with Crippen LogP contribution < -0.4 is 20.7 Å². The number of anilines is 1. The Morgan fingerprint density at radius 3 is 2.40 bits per heavy atom. The molecule has 0 radical (unpaired) electrons. The summed E-state index contributed by atoms with van der Waals surface area (Å²) in [6.45, 7) is 13.4. The molecule has 2 aliphatic rings. The number of carbonyl (C=O) groups is 4. The normalized spacial score (nSPS) is 17.0. The number of ether oxygens (including phenoxy) is 2.